The molecule has 116 valence electrons. The summed E-state index contributed by atoms with van der Waals surface area (Å²) in [7, 11) is 1.79. The van der Waals surface area contributed by atoms with E-state index < -0.39 is 0 Å². The van der Waals surface area contributed by atoms with Crippen molar-refractivity contribution in [1.82, 2.24) is 9.36 Å². The van der Waals surface area contributed by atoms with Gasteiger partial charge >= 0.3 is 0 Å². The molecular formula is C17H16N4O2. The number of aromatic hydroxyl groups is 1. The zero-order valence-electron chi connectivity index (χ0n) is 12.8. The summed E-state index contributed by atoms with van der Waals surface area (Å²) in [6.45, 7) is 1.81. The van der Waals surface area contributed by atoms with E-state index in [2.05, 4.69) is 10.2 Å². The number of para-hydroxylation sites is 2. The number of phenols is 1. The first-order valence-electron chi connectivity index (χ1n) is 7.13. The standard InChI is InChI=1S/C17H16N4O2/c1-12-16(19-18-14-10-6-7-11-15(14)22)17(23)21(20(12)2)13-8-4-3-5-9-13/h3-11,22H,1-2H3/b19-18+. The van der Waals surface area contributed by atoms with Gasteiger partial charge in [-0.15, -0.1) is 10.2 Å². The molecule has 0 aliphatic carbocycles. The minimum absolute atomic E-state index is 0.0215. The van der Waals surface area contributed by atoms with Crippen molar-refractivity contribution in [2.24, 2.45) is 17.3 Å². The van der Waals surface area contributed by atoms with Crippen LogP contribution in [-0.2, 0) is 7.05 Å². The van der Waals surface area contributed by atoms with Crippen LogP contribution >= 0.6 is 0 Å². The van der Waals surface area contributed by atoms with Crippen LogP contribution in [0.15, 0.2) is 69.6 Å². The lowest BCUT2D eigenvalue weighted by atomic mass is 10.3. The largest absolute Gasteiger partial charge is 0.506 e. The second-order valence-corrected chi connectivity index (χ2v) is 5.10. The van der Waals surface area contributed by atoms with Crippen LogP contribution in [0.5, 0.6) is 5.75 Å². The molecule has 0 amide bonds. The Hall–Kier alpha value is -3.15. The summed E-state index contributed by atoms with van der Waals surface area (Å²) in [6, 6.07) is 15.9. The van der Waals surface area contributed by atoms with Crippen molar-refractivity contribution in [3.8, 4) is 11.4 Å². The summed E-state index contributed by atoms with van der Waals surface area (Å²) < 4.78 is 3.27. The maximum absolute atomic E-state index is 12.6. The molecule has 0 atom stereocenters. The van der Waals surface area contributed by atoms with Gasteiger partial charge in [0.25, 0.3) is 5.56 Å². The molecular weight excluding hydrogens is 292 g/mol. The van der Waals surface area contributed by atoms with Gasteiger partial charge in [0.05, 0.1) is 11.4 Å². The van der Waals surface area contributed by atoms with E-state index in [-0.39, 0.29) is 17.0 Å². The summed E-state index contributed by atoms with van der Waals surface area (Å²) >= 11 is 0. The van der Waals surface area contributed by atoms with Gasteiger partial charge in [0.15, 0.2) is 5.69 Å². The van der Waals surface area contributed by atoms with Crippen molar-refractivity contribution in [2.45, 2.75) is 6.92 Å². The third-order valence-corrected chi connectivity index (χ3v) is 3.66. The SMILES string of the molecule is Cc1c(/N=N/c2ccccc2O)c(=O)n(-c2ccccc2)n1C. The monoisotopic (exact) mass is 308 g/mol. The van der Waals surface area contributed by atoms with Crippen molar-refractivity contribution >= 4 is 11.4 Å². The van der Waals surface area contributed by atoms with E-state index in [1.54, 1.807) is 36.9 Å². The van der Waals surface area contributed by atoms with E-state index in [0.29, 0.717) is 11.4 Å². The number of azo groups is 1. The predicted molar refractivity (Wildman–Crippen MR) is 88.0 cm³/mol. The Balaban J connectivity index is 2.09. The molecule has 0 saturated heterocycles. The number of nitrogens with zero attached hydrogens (tertiary/aromatic N) is 4. The zero-order chi connectivity index (χ0) is 16.4. The van der Waals surface area contributed by atoms with Gasteiger partial charge in [-0.05, 0) is 31.2 Å². The van der Waals surface area contributed by atoms with Gasteiger partial charge in [-0.1, -0.05) is 30.3 Å². The zero-order valence-corrected chi connectivity index (χ0v) is 12.8. The lowest BCUT2D eigenvalue weighted by Gasteiger charge is -2.07. The van der Waals surface area contributed by atoms with E-state index in [1.807, 2.05) is 30.3 Å². The van der Waals surface area contributed by atoms with Gasteiger partial charge in [-0.25, -0.2) is 4.68 Å². The summed E-state index contributed by atoms with van der Waals surface area (Å²) in [5, 5.41) is 17.8. The lowest BCUT2D eigenvalue weighted by molar-refractivity contribution is 0.476. The minimum atomic E-state index is -0.254. The van der Waals surface area contributed by atoms with E-state index in [9.17, 15) is 9.90 Å². The normalized spacial score (nSPS) is 11.2. The number of hydrogen-bond acceptors (Lipinski definition) is 4. The second-order valence-electron chi connectivity index (χ2n) is 5.10. The molecule has 6 nitrogen and oxygen atoms in total. The van der Waals surface area contributed by atoms with E-state index in [4.69, 9.17) is 0 Å². The van der Waals surface area contributed by atoms with Crippen molar-refractivity contribution in [1.29, 1.82) is 0 Å². The molecule has 2 aromatic carbocycles. The fourth-order valence-corrected chi connectivity index (χ4v) is 2.32. The average Bonchev–Trinajstić information content (AvgIpc) is 2.78. The molecule has 1 N–H and O–H groups in total. The molecule has 0 saturated carbocycles. The molecule has 1 aromatic heterocycles. The Morgan fingerprint density at radius 1 is 0.957 bits per heavy atom. The summed E-state index contributed by atoms with van der Waals surface area (Å²) in [4.78, 5) is 12.6. The molecule has 0 fully saturated rings. The van der Waals surface area contributed by atoms with Crippen molar-refractivity contribution < 1.29 is 5.11 Å². The second kappa shape index (κ2) is 5.92. The number of hydrogen-bond donors (Lipinski definition) is 1. The average molecular weight is 308 g/mol. The molecule has 6 heteroatoms. The lowest BCUT2D eigenvalue weighted by Crippen LogP contribution is -2.19. The third-order valence-electron chi connectivity index (χ3n) is 3.66. The Morgan fingerprint density at radius 2 is 1.61 bits per heavy atom. The van der Waals surface area contributed by atoms with Gasteiger partial charge in [-0.2, -0.15) is 0 Å². The van der Waals surface area contributed by atoms with Crippen LogP contribution in [0.4, 0.5) is 11.4 Å². The van der Waals surface area contributed by atoms with E-state index >= 15 is 0 Å². The first-order chi connectivity index (χ1) is 11.1. The molecule has 3 aromatic rings. The third kappa shape index (κ3) is 2.66. The van der Waals surface area contributed by atoms with E-state index in [0.717, 1.165) is 5.69 Å². The number of benzene rings is 2. The van der Waals surface area contributed by atoms with Gasteiger partial charge in [0, 0.05) is 7.05 Å². The fourth-order valence-electron chi connectivity index (χ4n) is 2.32. The Bertz CT molecular complexity index is 924. The Kier molecular flexibility index (Phi) is 3.80. The number of rotatable bonds is 3. The van der Waals surface area contributed by atoms with Crippen LogP contribution in [-0.4, -0.2) is 14.5 Å². The predicted octanol–water partition coefficient (Wildman–Crippen LogP) is 3.61. The molecule has 0 radical (unpaired) electrons. The van der Waals surface area contributed by atoms with Crippen LogP contribution in [0.3, 0.4) is 0 Å². The molecule has 1 heterocycles. The van der Waals surface area contributed by atoms with Crippen LogP contribution < -0.4 is 5.56 Å². The van der Waals surface area contributed by atoms with Crippen molar-refractivity contribution in [2.75, 3.05) is 0 Å². The Labute approximate surface area is 132 Å². The first kappa shape index (κ1) is 14.8. The fraction of sp³-hybridized carbons (Fsp3) is 0.118. The summed E-state index contributed by atoms with van der Waals surface area (Å²) in [5.74, 6) is 0.0215. The van der Waals surface area contributed by atoms with Crippen molar-refractivity contribution in [3.05, 3.63) is 70.6 Å². The summed E-state index contributed by atoms with van der Waals surface area (Å²) in [5.41, 5.74) is 1.77. The van der Waals surface area contributed by atoms with Crippen LogP contribution in [0.2, 0.25) is 0 Å². The molecule has 0 bridgehead atoms. The van der Waals surface area contributed by atoms with Gasteiger partial charge < -0.3 is 5.11 Å². The number of aromatic nitrogens is 2. The number of phenolic OH excluding ortho intramolecular Hbond substituents is 1. The van der Waals surface area contributed by atoms with Crippen LogP contribution in [0, 0.1) is 6.92 Å². The molecule has 3 rings (SSSR count). The topological polar surface area (TPSA) is 71.9 Å². The highest BCUT2D eigenvalue weighted by Gasteiger charge is 2.15. The maximum atomic E-state index is 12.6. The maximum Gasteiger partial charge on any atom is 0.299 e. The highest BCUT2D eigenvalue weighted by molar-refractivity contribution is 5.51. The van der Waals surface area contributed by atoms with Gasteiger partial charge in [-0.3, -0.25) is 9.48 Å². The quantitative estimate of drug-likeness (QED) is 0.751. The van der Waals surface area contributed by atoms with Gasteiger partial charge in [0.1, 0.15) is 11.4 Å². The smallest absolute Gasteiger partial charge is 0.299 e. The Morgan fingerprint density at radius 3 is 2.30 bits per heavy atom. The van der Waals surface area contributed by atoms with Crippen molar-refractivity contribution in [3.63, 3.8) is 0 Å². The molecule has 0 aliphatic rings. The van der Waals surface area contributed by atoms with Gasteiger partial charge in [0.2, 0.25) is 0 Å². The van der Waals surface area contributed by atoms with Crippen LogP contribution in [0.1, 0.15) is 5.69 Å². The minimum Gasteiger partial charge on any atom is -0.506 e. The molecule has 0 aliphatic heterocycles. The highest BCUT2D eigenvalue weighted by Crippen LogP contribution is 2.27. The highest BCUT2D eigenvalue weighted by atomic mass is 16.3. The summed E-state index contributed by atoms with van der Waals surface area (Å²) in [6.07, 6.45) is 0. The van der Waals surface area contributed by atoms with E-state index in [1.165, 1.54) is 10.7 Å². The molecule has 23 heavy (non-hydrogen) atoms. The van der Waals surface area contributed by atoms with Crippen LogP contribution in [0.25, 0.3) is 5.69 Å². The molecule has 0 unspecified atom stereocenters. The molecule has 0 spiro atoms. The first-order valence-corrected chi connectivity index (χ1v) is 7.13.